The third kappa shape index (κ3) is 2.01. The number of likely N-dealkylation sites (tertiary alicyclic amines) is 1. The van der Waals surface area contributed by atoms with Gasteiger partial charge in [0, 0.05) is 33.2 Å². The van der Waals surface area contributed by atoms with Crippen LogP contribution in [-0.4, -0.2) is 55.9 Å². The second-order valence-corrected chi connectivity index (χ2v) is 4.56. The summed E-state index contributed by atoms with van der Waals surface area (Å²) in [6, 6.07) is 0. The van der Waals surface area contributed by atoms with Crippen LogP contribution < -0.4 is 5.32 Å². The molecular weight excluding hydrogens is 237 g/mol. The number of nitrogens with one attached hydrogen (secondary N) is 1. The van der Waals surface area contributed by atoms with Gasteiger partial charge in [0.2, 0.25) is 5.91 Å². The van der Waals surface area contributed by atoms with Gasteiger partial charge < -0.3 is 15.0 Å². The van der Waals surface area contributed by atoms with Crippen LogP contribution in [0.15, 0.2) is 0 Å². The molecule has 2 aliphatic rings. The maximum absolute atomic E-state index is 12.9. The van der Waals surface area contributed by atoms with Crippen LogP contribution in [0.5, 0.6) is 0 Å². The van der Waals surface area contributed by atoms with Crippen LogP contribution in [0.3, 0.4) is 0 Å². The molecule has 2 saturated heterocycles. The highest BCUT2D eigenvalue weighted by molar-refractivity contribution is 5.80. The molecular formula is C10H15F3N2O2. The summed E-state index contributed by atoms with van der Waals surface area (Å²) in [6.07, 6.45) is -4.62. The second-order valence-electron chi connectivity index (χ2n) is 4.56. The molecule has 4 nitrogen and oxygen atoms in total. The molecule has 2 aliphatic heterocycles. The summed E-state index contributed by atoms with van der Waals surface area (Å²) in [5.74, 6) is -0.372. The molecule has 0 aliphatic carbocycles. The zero-order valence-corrected chi connectivity index (χ0v) is 9.51. The van der Waals surface area contributed by atoms with E-state index in [-0.39, 0.29) is 31.3 Å². The molecule has 0 saturated carbocycles. The van der Waals surface area contributed by atoms with Gasteiger partial charge in [0.15, 0.2) is 5.60 Å². The molecule has 0 bridgehead atoms. The molecule has 17 heavy (non-hydrogen) atoms. The summed E-state index contributed by atoms with van der Waals surface area (Å²) in [4.78, 5) is 13.1. The summed E-state index contributed by atoms with van der Waals surface area (Å²) in [5, 5.41) is 2.93. The largest absolute Gasteiger partial charge is 0.419 e. The van der Waals surface area contributed by atoms with Crippen molar-refractivity contribution < 1.29 is 22.7 Å². The van der Waals surface area contributed by atoms with Gasteiger partial charge >= 0.3 is 6.18 Å². The predicted molar refractivity (Wildman–Crippen MR) is 53.4 cm³/mol. The number of ether oxygens (including phenoxy) is 1. The number of carbonyl (C=O) groups is 1. The van der Waals surface area contributed by atoms with Gasteiger partial charge in [-0.1, -0.05) is 0 Å². The highest BCUT2D eigenvalue weighted by Crippen LogP contribution is 2.40. The molecule has 1 N–H and O–H groups in total. The van der Waals surface area contributed by atoms with E-state index in [1.807, 2.05) is 0 Å². The highest BCUT2D eigenvalue weighted by Gasteiger charge is 2.59. The normalized spacial score (nSPS) is 30.5. The first-order chi connectivity index (χ1) is 7.89. The SMILES string of the molecule is COC1(C(F)(F)F)CCN(C(=O)C2CNC2)C1. The van der Waals surface area contributed by atoms with E-state index in [0.717, 1.165) is 7.11 Å². The van der Waals surface area contributed by atoms with E-state index in [9.17, 15) is 18.0 Å². The molecule has 0 radical (unpaired) electrons. The number of carbonyl (C=O) groups excluding carboxylic acids is 1. The molecule has 1 atom stereocenters. The maximum Gasteiger partial charge on any atom is 0.419 e. The second kappa shape index (κ2) is 4.13. The van der Waals surface area contributed by atoms with E-state index in [2.05, 4.69) is 10.1 Å². The fourth-order valence-corrected chi connectivity index (χ4v) is 2.21. The monoisotopic (exact) mass is 252 g/mol. The fourth-order valence-electron chi connectivity index (χ4n) is 2.21. The van der Waals surface area contributed by atoms with E-state index in [0.29, 0.717) is 13.1 Å². The Morgan fingerprint density at radius 3 is 2.47 bits per heavy atom. The van der Waals surface area contributed by atoms with Crippen molar-refractivity contribution in [1.29, 1.82) is 0 Å². The van der Waals surface area contributed by atoms with Gasteiger partial charge in [-0.2, -0.15) is 13.2 Å². The molecule has 1 unspecified atom stereocenters. The standard InChI is InChI=1S/C10H15F3N2O2/c1-17-9(10(11,12)13)2-3-15(6-9)8(16)7-4-14-5-7/h7,14H,2-6H2,1H3. The minimum absolute atomic E-state index is 0.114. The molecule has 2 heterocycles. The van der Waals surface area contributed by atoms with Crippen LogP contribution in [-0.2, 0) is 9.53 Å². The van der Waals surface area contributed by atoms with Crippen molar-refractivity contribution in [1.82, 2.24) is 10.2 Å². The molecule has 0 aromatic rings. The number of halogens is 3. The Morgan fingerprint density at radius 2 is 2.12 bits per heavy atom. The minimum atomic E-state index is -4.44. The Kier molecular flexibility index (Phi) is 3.07. The summed E-state index contributed by atoms with van der Waals surface area (Å²) < 4.78 is 43.3. The Labute approximate surface area is 97.1 Å². The average Bonchev–Trinajstić information content (AvgIpc) is 2.58. The number of nitrogens with zero attached hydrogens (tertiary/aromatic N) is 1. The summed E-state index contributed by atoms with van der Waals surface area (Å²) in [6.45, 7) is 0.841. The lowest BCUT2D eigenvalue weighted by atomic mass is 10.0. The van der Waals surface area contributed by atoms with Crippen molar-refractivity contribution in [2.45, 2.75) is 18.2 Å². The Balaban J connectivity index is 2.04. The first-order valence-corrected chi connectivity index (χ1v) is 5.51. The van der Waals surface area contributed by atoms with Crippen molar-refractivity contribution >= 4 is 5.91 Å². The minimum Gasteiger partial charge on any atom is -0.367 e. The molecule has 7 heteroatoms. The van der Waals surface area contributed by atoms with Crippen LogP contribution >= 0.6 is 0 Å². The van der Waals surface area contributed by atoms with Gasteiger partial charge in [-0.3, -0.25) is 4.79 Å². The van der Waals surface area contributed by atoms with E-state index in [4.69, 9.17) is 0 Å². The average molecular weight is 252 g/mol. The van der Waals surface area contributed by atoms with Crippen molar-refractivity contribution in [2.24, 2.45) is 5.92 Å². The summed E-state index contributed by atoms with van der Waals surface area (Å²) in [5.41, 5.74) is -2.18. The van der Waals surface area contributed by atoms with Crippen LogP contribution in [0.2, 0.25) is 0 Å². The molecule has 0 spiro atoms. The third-order valence-corrected chi connectivity index (χ3v) is 3.58. The molecule has 2 rings (SSSR count). The topological polar surface area (TPSA) is 41.6 Å². The Hall–Kier alpha value is -0.820. The van der Waals surface area contributed by atoms with Crippen LogP contribution in [0.1, 0.15) is 6.42 Å². The van der Waals surface area contributed by atoms with Crippen LogP contribution in [0.4, 0.5) is 13.2 Å². The van der Waals surface area contributed by atoms with E-state index in [1.165, 1.54) is 4.90 Å². The number of methoxy groups -OCH3 is 1. The number of amides is 1. The lowest BCUT2D eigenvalue weighted by Crippen LogP contribution is -2.54. The van der Waals surface area contributed by atoms with Crippen molar-refractivity contribution in [2.75, 3.05) is 33.3 Å². The molecule has 1 amide bonds. The quantitative estimate of drug-likeness (QED) is 0.772. The van der Waals surface area contributed by atoms with Gasteiger partial charge in [-0.25, -0.2) is 0 Å². The van der Waals surface area contributed by atoms with E-state index >= 15 is 0 Å². The van der Waals surface area contributed by atoms with Gasteiger partial charge in [-0.05, 0) is 0 Å². The maximum atomic E-state index is 12.9. The number of rotatable bonds is 2. The zero-order chi connectivity index (χ0) is 12.7. The Bertz CT molecular complexity index is 317. The first-order valence-electron chi connectivity index (χ1n) is 5.51. The van der Waals surface area contributed by atoms with Gasteiger partial charge in [-0.15, -0.1) is 0 Å². The first kappa shape index (κ1) is 12.6. The summed E-state index contributed by atoms with van der Waals surface area (Å²) in [7, 11) is 1.05. The van der Waals surface area contributed by atoms with Crippen molar-refractivity contribution in [3.8, 4) is 0 Å². The smallest absolute Gasteiger partial charge is 0.367 e. The van der Waals surface area contributed by atoms with Crippen molar-refractivity contribution in [3.05, 3.63) is 0 Å². The summed E-state index contributed by atoms with van der Waals surface area (Å²) >= 11 is 0. The van der Waals surface area contributed by atoms with Crippen molar-refractivity contribution in [3.63, 3.8) is 0 Å². The van der Waals surface area contributed by atoms with Crippen LogP contribution in [0.25, 0.3) is 0 Å². The van der Waals surface area contributed by atoms with E-state index < -0.39 is 11.8 Å². The third-order valence-electron chi connectivity index (χ3n) is 3.58. The van der Waals surface area contributed by atoms with E-state index in [1.54, 1.807) is 0 Å². The molecule has 2 fully saturated rings. The van der Waals surface area contributed by atoms with Gasteiger partial charge in [0.1, 0.15) is 0 Å². The van der Waals surface area contributed by atoms with Gasteiger partial charge in [0.05, 0.1) is 12.5 Å². The predicted octanol–water partition coefficient (Wildman–Crippen LogP) is 0.386. The fraction of sp³-hybridized carbons (Fsp3) is 0.900. The Morgan fingerprint density at radius 1 is 1.47 bits per heavy atom. The zero-order valence-electron chi connectivity index (χ0n) is 9.51. The lowest BCUT2D eigenvalue weighted by Gasteiger charge is -2.33. The molecule has 0 aromatic carbocycles. The lowest BCUT2D eigenvalue weighted by molar-refractivity contribution is -0.263. The van der Waals surface area contributed by atoms with Crippen LogP contribution in [0, 0.1) is 5.92 Å². The molecule has 0 aromatic heterocycles. The number of hydrogen-bond acceptors (Lipinski definition) is 3. The number of alkyl halides is 3. The highest BCUT2D eigenvalue weighted by atomic mass is 19.4. The molecule has 98 valence electrons. The number of hydrogen-bond donors (Lipinski definition) is 1. The van der Waals surface area contributed by atoms with Gasteiger partial charge in [0.25, 0.3) is 0 Å².